The zero-order valence-electron chi connectivity index (χ0n) is 18.4. The van der Waals surface area contributed by atoms with Gasteiger partial charge in [0, 0.05) is 35.5 Å². The van der Waals surface area contributed by atoms with Crippen LogP contribution in [0.4, 0.5) is 0 Å². The Hall–Kier alpha value is -2.86. The number of hydrogen-bond donors (Lipinski definition) is 1. The third-order valence-electron chi connectivity index (χ3n) is 6.03. The van der Waals surface area contributed by atoms with Gasteiger partial charge in [-0.05, 0) is 59.9 Å². The summed E-state index contributed by atoms with van der Waals surface area (Å²) in [5, 5.41) is 2.76. The molecule has 0 bridgehead atoms. The molecular weight excluding hydrogens is 420 g/mol. The van der Waals surface area contributed by atoms with Crippen molar-refractivity contribution in [1.82, 2.24) is 10.2 Å². The summed E-state index contributed by atoms with van der Waals surface area (Å²) in [6.07, 6.45) is 2.84. The van der Waals surface area contributed by atoms with Crippen molar-refractivity contribution in [3.05, 3.63) is 77.0 Å². The van der Waals surface area contributed by atoms with Crippen molar-refractivity contribution in [3.8, 4) is 0 Å². The highest BCUT2D eigenvalue weighted by Crippen LogP contribution is 2.29. The molecule has 2 amide bonds. The standard InChI is InChI=1S/C26H28N2O3S/c1-3-32-22-10-6-19(7-11-22)15-21(29)9-5-18-8-12-23-20(14-18)16-28(26(23)31)24-13-4-17(2)27-25(24)30/h6-8,10-12,14,24H,2-5,9,13,15-16H2,1H3,(H,27,30). The fourth-order valence-corrected chi connectivity index (χ4v) is 5.00. The first kappa shape index (κ1) is 22.3. The molecule has 1 atom stereocenters. The first-order valence-electron chi connectivity index (χ1n) is 11.1. The first-order chi connectivity index (χ1) is 15.4. The van der Waals surface area contributed by atoms with Crippen LogP contribution in [0.3, 0.4) is 0 Å². The van der Waals surface area contributed by atoms with Crippen LogP contribution in [0, 0.1) is 0 Å². The van der Waals surface area contributed by atoms with Crippen LogP contribution in [0.25, 0.3) is 0 Å². The van der Waals surface area contributed by atoms with Crippen molar-refractivity contribution in [2.45, 2.75) is 56.5 Å². The van der Waals surface area contributed by atoms with Gasteiger partial charge >= 0.3 is 0 Å². The Kier molecular flexibility index (Phi) is 6.80. The van der Waals surface area contributed by atoms with E-state index in [0.717, 1.165) is 22.4 Å². The van der Waals surface area contributed by atoms with Gasteiger partial charge in [-0.3, -0.25) is 14.4 Å². The number of carbonyl (C=O) groups is 3. The molecule has 32 heavy (non-hydrogen) atoms. The number of rotatable bonds is 8. The zero-order valence-corrected chi connectivity index (χ0v) is 19.2. The van der Waals surface area contributed by atoms with E-state index in [1.54, 1.807) is 16.7 Å². The Morgan fingerprint density at radius 2 is 1.91 bits per heavy atom. The fraction of sp³-hybridized carbons (Fsp3) is 0.346. The predicted octanol–water partition coefficient (Wildman–Crippen LogP) is 4.29. The van der Waals surface area contributed by atoms with Crippen LogP contribution >= 0.6 is 11.8 Å². The summed E-state index contributed by atoms with van der Waals surface area (Å²) in [6, 6.07) is 13.5. The van der Waals surface area contributed by atoms with Crippen LogP contribution < -0.4 is 5.32 Å². The zero-order chi connectivity index (χ0) is 22.7. The molecule has 0 radical (unpaired) electrons. The van der Waals surface area contributed by atoms with E-state index in [1.165, 1.54) is 4.90 Å². The Morgan fingerprint density at radius 1 is 1.16 bits per heavy atom. The number of hydrogen-bond acceptors (Lipinski definition) is 4. The van der Waals surface area contributed by atoms with Gasteiger partial charge in [-0.15, -0.1) is 11.8 Å². The summed E-state index contributed by atoms with van der Waals surface area (Å²) in [5.74, 6) is 0.985. The van der Waals surface area contributed by atoms with Gasteiger partial charge in [0.25, 0.3) is 5.91 Å². The molecule has 0 saturated carbocycles. The smallest absolute Gasteiger partial charge is 0.255 e. The van der Waals surface area contributed by atoms with Crippen molar-refractivity contribution < 1.29 is 14.4 Å². The molecule has 2 heterocycles. The molecule has 166 valence electrons. The van der Waals surface area contributed by atoms with Crippen molar-refractivity contribution in [1.29, 1.82) is 0 Å². The van der Waals surface area contributed by atoms with Gasteiger partial charge in [0.15, 0.2) is 0 Å². The van der Waals surface area contributed by atoms with Crippen LogP contribution in [0.15, 0.2) is 59.6 Å². The largest absolute Gasteiger partial charge is 0.329 e. The van der Waals surface area contributed by atoms with Crippen LogP contribution in [0.5, 0.6) is 0 Å². The molecule has 1 fully saturated rings. The van der Waals surface area contributed by atoms with E-state index in [9.17, 15) is 14.4 Å². The van der Waals surface area contributed by atoms with Gasteiger partial charge in [0.05, 0.1) is 0 Å². The summed E-state index contributed by atoms with van der Waals surface area (Å²) >= 11 is 1.79. The number of nitrogens with zero attached hydrogens (tertiary/aromatic N) is 1. The molecule has 0 aromatic heterocycles. The molecule has 0 spiro atoms. The molecule has 2 aromatic rings. The fourth-order valence-electron chi connectivity index (χ4n) is 4.33. The second kappa shape index (κ2) is 9.74. The average molecular weight is 449 g/mol. The van der Waals surface area contributed by atoms with Crippen LogP contribution in [0.1, 0.15) is 53.2 Å². The topological polar surface area (TPSA) is 66.5 Å². The highest BCUT2D eigenvalue weighted by Gasteiger charge is 2.38. The lowest BCUT2D eigenvalue weighted by molar-refractivity contribution is -0.126. The third kappa shape index (κ3) is 4.96. The lowest BCUT2D eigenvalue weighted by atomic mass is 10.00. The second-order valence-corrected chi connectivity index (χ2v) is 9.70. The number of Topliss-reactive ketones (excluding diaryl/α,β-unsaturated/α-hetero) is 1. The Balaban J connectivity index is 1.34. The van der Waals surface area contributed by atoms with Gasteiger partial charge in [0.1, 0.15) is 11.8 Å². The van der Waals surface area contributed by atoms with Gasteiger partial charge in [-0.1, -0.05) is 37.8 Å². The minimum Gasteiger partial charge on any atom is -0.329 e. The lowest BCUT2D eigenvalue weighted by Crippen LogP contribution is -2.49. The van der Waals surface area contributed by atoms with Crippen molar-refractivity contribution in [3.63, 3.8) is 0 Å². The van der Waals surface area contributed by atoms with Gasteiger partial charge < -0.3 is 10.2 Å². The maximum atomic E-state index is 12.8. The lowest BCUT2D eigenvalue weighted by Gasteiger charge is -2.30. The SMILES string of the molecule is C=C1CCC(N2Cc3cc(CCC(=O)Cc4ccc(SCC)cc4)ccc3C2=O)C(=O)N1. The van der Waals surface area contributed by atoms with Crippen molar-refractivity contribution in [2.24, 2.45) is 0 Å². The molecule has 1 saturated heterocycles. The van der Waals surface area contributed by atoms with E-state index in [-0.39, 0.29) is 17.6 Å². The van der Waals surface area contributed by atoms with Crippen LogP contribution in [-0.2, 0) is 29.0 Å². The van der Waals surface area contributed by atoms with E-state index in [2.05, 4.69) is 31.0 Å². The Morgan fingerprint density at radius 3 is 2.62 bits per heavy atom. The summed E-state index contributed by atoms with van der Waals surface area (Å²) in [6.45, 7) is 6.36. The molecule has 1 unspecified atom stereocenters. The maximum Gasteiger partial charge on any atom is 0.255 e. The number of nitrogens with one attached hydrogen (secondary N) is 1. The van der Waals surface area contributed by atoms with E-state index in [1.807, 2.05) is 30.3 Å². The highest BCUT2D eigenvalue weighted by atomic mass is 32.2. The van der Waals surface area contributed by atoms with Gasteiger partial charge in [-0.2, -0.15) is 0 Å². The number of carbonyl (C=O) groups excluding carboxylic acids is 3. The van der Waals surface area contributed by atoms with E-state index in [4.69, 9.17) is 0 Å². The molecule has 2 aromatic carbocycles. The summed E-state index contributed by atoms with van der Waals surface area (Å²) in [5.41, 5.74) is 4.38. The quantitative estimate of drug-likeness (QED) is 0.612. The number of benzene rings is 2. The molecule has 1 N–H and O–H groups in total. The molecule has 4 rings (SSSR count). The predicted molar refractivity (Wildman–Crippen MR) is 126 cm³/mol. The summed E-state index contributed by atoms with van der Waals surface area (Å²) in [4.78, 5) is 40.5. The summed E-state index contributed by atoms with van der Waals surface area (Å²) < 4.78 is 0. The third-order valence-corrected chi connectivity index (χ3v) is 6.92. The number of ketones is 1. The molecule has 0 aliphatic carbocycles. The monoisotopic (exact) mass is 448 g/mol. The van der Waals surface area contributed by atoms with Crippen LogP contribution in [0.2, 0.25) is 0 Å². The molecule has 2 aliphatic heterocycles. The molecule has 5 nitrogen and oxygen atoms in total. The number of thioether (sulfide) groups is 1. The Labute approximate surface area is 193 Å². The molecule has 6 heteroatoms. The first-order valence-corrected chi connectivity index (χ1v) is 12.1. The van der Waals surface area contributed by atoms with Gasteiger partial charge in [-0.25, -0.2) is 0 Å². The maximum absolute atomic E-state index is 12.8. The molecular formula is C26H28N2O3S. The van der Waals surface area contributed by atoms with E-state index in [0.29, 0.717) is 49.9 Å². The number of aryl methyl sites for hydroxylation is 1. The number of allylic oxidation sites excluding steroid dienone is 1. The highest BCUT2D eigenvalue weighted by molar-refractivity contribution is 7.99. The average Bonchev–Trinajstić information content (AvgIpc) is 3.09. The van der Waals surface area contributed by atoms with E-state index < -0.39 is 6.04 Å². The normalized spacial score (nSPS) is 18.0. The van der Waals surface area contributed by atoms with Crippen molar-refractivity contribution >= 4 is 29.4 Å². The second-order valence-electron chi connectivity index (χ2n) is 8.36. The molecule has 2 aliphatic rings. The number of amides is 2. The summed E-state index contributed by atoms with van der Waals surface area (Å²) in [7, 11) is 0. The Bertz CT molecular complexity index is 1060. The van der Waals surface area contributed by atoms with Crippen LogP contribution in [-0.4, -0.2) is 34.3 Å². The van der Waals surface area contributed by atoms with Crippen molar-refractivity contribution in [2.75, 3.05) is 5.75 Å². The number of piperidine rings is 1. The minimum absolute atomic E-state index is 0.0972. The number of fused-ring (bicyclic) bond motifs is 1. The minimum atomic E-state index is -0.451. The van der Waals surface area contributed by atoms with E-state index >= 15 is 0 Å². The van der Waals surface area contributed by atoms with Gasteiger partial charge in [0.2, 0.25) is 5.91 Å².